The zero-order valence-electron chi connectivity index (χ0n) is 17.5. The summed E-state index contributed by atoms with van der Waals surface area (Å²) in [6.07, 6.45) is 1.48. The first kappa shape index (κ1) is 22.8. The van der Waals surface area contributed by atoms with Crippen LogP contribution in [0.2, 0.25) is 0 Å². The van der Waals surface area contributed by atoms with Gasteiger partial charge in [0, 0.05) is 10.6 Å². The number of benzene rings is 3. The van der Waals surface area contributed by atoms with E-state index in [2.05, 4.69) is 10.0 Å². The molecule has 4 rings (SSSR count). The van der Waals surface area contributed by atoms with Crippen LogP contribution in [0.4, 0.5) is 5.69 Å². The fraction of sp³-hybridized carbons (Fsp3) is 0.0800. The van der Waals surface area contributed by atoms with E-state index in [1.54, 1.807) is 24.3 Å². The van der Waals surface area contributed by atoms with E-state index >= 15 is 0 Å². The van der Waals surface area contributed by atoms with E-state index in [4.69, 9.17) is 4.42 Å². The molecule has 0 fully saturated rings. The number of nitrogens with one attached hydrogen (secondary N) is 2. The molecule has 0 saturated carbocycles. The van der Waals surface area contributed by atoms with Crippen LogP contribution in [-0.4, -0.2) is 14.3 Å². The Bertz CT molecular complexity index is 1290. The van der Waals surface area contributed by atoms with Crippen molar-refractivity contribution in [3.8, 4) is 0 Å². The van der Waals surface area contributed by atoms with Gasteiger partial charge in [-0.3, -0.25) is 4.79 Å². The molecule has 8 heteroatoms. The van der Waals surface area contributed by atoms with Crippen LogP contribution in [0.5, 0.6) is 0 Å². The normalized spacial score (nSPS) is 12.2. The molecule has 0 aliphatic heterocycles. The summed E-state index contributed by atoms with van der Waals surface area (Å²) >= 11 is 1.43. The minimum atomic E-state index is -3.78. The number of sulfonamides is 1. The Labute approximate surface area is 197 Å². The predicted molar refractivity (Wildman–Crippen MR) is 129 cm³/mol. The summed E-state index contributed by atoms with van der Waals surface area (Å²) in [6.45, 7) is 0.0374. The Morgan fingerprint density at radius 2 is 1.61 bits per heavy atom. The third-order valence-corrected chi connectivity index (χ3v) is 7.43. The number of carbonyl (C=O) groups is 1. The molecule has 1 unspecified atom stereocenters. The van der Waals surface area contributed by atoms with Gasteiger partial charge in [0.2, 0.25) is 15.9 Å². The third kappa shape index (κ3) is 6.13. The number of anilines is 1. The van der Waals surface area contributed by atoms with Crippen molar-refractivity contribution in [2.75, 3.05) is 5.32 Å². The summed E-state index contributed by atoms with van der Waals surface area (Å²) in [5, 5.41) is 2.36. The highest BCUT2D eigenvalue weighted by atomic mass is 32.2. The maximum Gasteiger partial charge on any atom is 0.242 e. The van der Waals surface area contributed by atoms with Crippen LogP contribution in [0.3, 0.4) is 0 Å². The van der Waals surface area contributed by atoms with Gasteiger partial charge < -0.3 is 9.73 Å². The van der Waals surface area contributed by atoms with Crippen LogP contribution in [0.15, 0.2) is 118 Å². The molecular formula is C25H22N2O4S2. The van der Waals surface area contributed by atoms with Gasteiger partial charge in [0.1, 0.15) is 11.0 Å². The van der Waals surface area contributed by atoms with Crippen molar-refractivity contribution in [3.63, 3.8) is 0 Å². The van der Waals surface area contributed by atoms with E-state index in [0.717, 1.165) is 10.5 Å². The average molecular weight is 479 g/mol. The maximum atomic E-state index is 13.3. The molecule has 2 N–H and O–H groups in total. The maximum absolute atomic E-state index is 13.3. The Morgan fingerprint density at radius 3 is 2.30 bits per heavy atom. The smallest absolute Gasteiger partial charge is 0.242 e. The van der Waals surface area contributed by atoms with Gasteiger partial charge in [-0.2, -0.15) is 0 Å². The number of hydrogen-bond acceptors (Lipinski definition) is 5. The van der Waals surface area contributed by atoms with Crippen molar-refractivity contribution in [1.29, 1.82) is 0 Å². The number of hydrogen-bond donors (Lipinski definition) is 2. The lowest BCUT2D eigenvalue weighted by Gasteiger charge is -2.17. The molecule has 0 aliphatic carbocycles. The van der Waals surface area contributed by atoms with Crippen molar-refractivity contribution >= 4 is 33.4 Å². The van der Waals surface area contributed by atoms with Crippen LogP contribution < -0.4 is 10.0 Å². The lowest BCUT2D eigenvalue weighted by Crippen LogP contribution is -2.23. The van der Waals surface area contributed by atoms with Crippen LogP contribution in [0.1, 0.15) is 16.6 Å². The van der Waals surface area contributed by atoms with Crippen molar-refractivity contribution < 1.29 is 17.6 Å². The van der Waals surface area contributed by atoms with Crippen LogP contribution in [0.25, 0.3) is 0 Å². The molecule has 0 spiro atoms. The zero-order valence-corrected chi connectivity index (χ0v) is 19.2. The summed E-state index contributed by atoms with van der Waals surface area (Å²) in [4.78, 5) is 14.3. The van der Waals surface area contributed by atoms with E-state index in [9.17, 15) is 13.2 Å². The summed E-state index contributed by atoms with van der Waals surface area (Å²) < 4.78 is 33.1. The molecular weight excluding hydrogens is 456 g/mol. The summed E-state index contributed by atoms with van der Waals surface area (Å²) in [5.74, 6) is 0.264. The Balaban J connectivity index is 1.52. The first-order valence-electron chi connectivity index (χ1n) is 10.2. The number of thioether (sulfide) groups is 1. The highest BCUT2D eigenvalue weighted by Crippen LogP contribution is 2.36. The summed E-state index contributed by atoms with van der Waals surface area (Å²) in [5.41, 5.74) is 1.25. The number of rotatable bonds is 9. The predicted octanol–water partition coefficient (Wildman–Crippen LogP) is 5.23. The second-order valence-electron chi connectivity index (χ2n) is 7.14. The van der Waals surface area contributed by atoms with E-state index in [1.165, 1.54) is 30.2 Å². The van der Waals surface area contributed by atoms with Gasteiger partial charge in [0.25, 0.3) is 0 Å². The number of carbonyl (C=O) groups excluding carboxylic acids is 1. The highest BCUT2D eigenvalue weighted by molar-refractivity contribution is 8.00. The molecule has 1 heterocycles. The minimum Gasteiger partial charge on any atom is -0.468 e. The Morgan fingerprint density at radius 1 is 0.879 bits per heavy atom. The Hall–Kier alpha value is -3.33. The van der Waals surface area contributed by atoms with Crippen molar-refractivity contribution in [2.24, 2.45) is 0 Å². The van der Waals surface area contributed by atoms with Gasteiger partial charge >= 0.3 is 0 Å². The lowest BCUT2D eigenvalue weighted by atomic mass is 10.1. The Kier molecular flexibility index (Phi) is 7.29. The molecule has 0 aliphatic rings. The molecule has 6 nitrogen and oxygen atoms in total. The fourth-order valence-electron chi connectivity index (χ4n) is 3.15. The molecule has 1 aromatic heterocycles. The molecule has 1 atom stereocenters. The monoisotopic (exact) mass is 478 g/mol. The van der Waals surface area contributed by atoms with Gasteiger partial charge in [-0.05, 0) is 48.0 Å². The van der Waals surface area contributed by atoms with Crippen molar-refractivity contribution in [3.05, 3.63) is 115 Å². The fourth-order valence-corrected chi connectivity index (χ4v) is 5.23. The third-order valence-electron chi connectivity index (χ3n) is 4.77. The van der Waals surface area contributed by atoms with Gasteiger partial charge in [-0.15, -0.1) is 11.8 Å². The number of amides is 1. The van der Waals surface area contributed by atoms with Gasteiger partial charge in [-0.25, -0.2) is 13.1 Å². The van der Waals surface area contributed by atoms with E-state index < -0.39 is 15.3 Å². The first-order chi connectivity index (χ1) is 16.0. The van der Waals surface area contributed by atoms with Crippen LogP contribution >= 0.6 is 11.8 Å². The van der Waals surface area contributed by atoms with Crippen molar-refractivity contribution in [1.82, 2.24) is 4.72 Å². The summed E-state index contributed by atoms with van der Waals surface area (Å²) in [6, 6.07) is 28.7. The van der Waals surface area contributed by atoms with Crippen molar-refractivity contribution in [2.45, 2.75) is 21.6 Å². The van der Waals surface area contributed by atoms with E-state index in [1.807, 2.05) is 60.7 Å². The summed E-state index contributed by atoms with van der Waals surface area (Å²) in [7, 11) is -3.78. The molecule has 0 saturated heterocycles. The lowest BCUT2D eigenvalue weighted by molar-refractivity contribution is -0.115. The largest absolute Gasteiger partial charge is 0.468 e. The van der Waals surface area contributed by atoms with E-state index in [0.29, 0.717) is 11.4 Å². The zero-order chi connectivity index (χ0) is 23.1. The minimum absolute atomic E-state index is 0.0374. The standard InChI is InChI=1S/C25H22N2O4S2/c28-25(24(19-9-3-1-4-10-19)32-22-13-5-2-6-14-22)27-20-11-7-15-23(17-20)33(29,30)26-18-21-12-8-16-31-21/h1-17,24,26H,18H2,(H,27,28). The van der Waals surface area contributed by atoms with Gasteiger partial charge in [0.15, 0.2) is 0 Å². The molecule has 168 valence electrons. The second-order valence-corrected chi connectivity index (χ2v) is 10.1. The quantitative estimate of drug-likeness (QED) is 0.322. The molecule has 4 aromatic rings. The molecule has 0 bridgehead atoms. The van der Waals surface area contributed by atoms with Crippen LogP contribution in [-0.2, 0) is 21.4 Å². The topological polar surface area (TPSA) is 88.4 Å². The number of furan rings is 1. The van der Waals surface area contributed by atoms with Gasteiger partial charge in [0.05, 0.1) is 17.7 Å². The van der Waals surface area contributed by atoms with Gasteiger partial charge in [-0.1, -0.05) is 54.6 Å². The molecule has 3 aromatic carbocycles. The molecule has 33 heavy (non-hydrogen) atoms. The highest BCUT2D eigenvalue weighted by Gasteiger charge is 2.23. The first-order valence-corrected chi connectivity index (χ1v) is 12.6. The molecule has 0 radical (unpaired) electrons. The second kappa shape index (κ2) is 10.5. The molecule has 1 amide bonds. The van der Waals surface area contributed by atoms with E-state index in [-0.39, 0.29) is 17.3 Å². The SMILES string of the molecule is O=C(Nc1cccc(S(=O)(=O)NCc2ccco2)c1)C(Sc1ccccc1)c1ccccc1. The van der Waals surface area contributed by atoms with Crippen LogP contribution in [0, 0.1) is 0 Å². The average Bonchev–Trinajstić information content (AvgIpc) is 3.37.